The van der Waals surface area contributed by atoms with Crippen LogP contribution in [0.5, 0.6) is 0 Å². The quantitative estimate of drug-likeness (QED) is 0.886. The average molecular weight is 349 g/mol. The first kappa shape index (κ1) is 12.3. The zero-order valence-corrected chi connectivity index (χ0v) is 12.4. The highest BCUT2D eigenvalue weighted by molar-refractivity contribution is 9.11. The lowest BCUT2D eigenvalue weighted by molar-refractivity contribution is 0.337. The SMILES string of the molecule is CN(CCNc1ncc(Br)cc1Br)C1CC1. The van der Waals surface area contributed by atoms with Crippen LogP contribution in [0.25, 0.3) is 0 Å². The highest BCUT2D eigenvalue weighted by Gasteiger charge is 2.25. The van der Waals surface area contributed by atoms with Crippen molar-refractivity contribution in [2.75, 3.05) is 25.5 Å². The number of pyridine rings is 1. The number of hydrogen-bond donors (Lipinski definition) is 1. The van der Waals surface area contributed by atoms with Gasteiger partial charge in [-0.15, -0.1) is 0 Å². The second-order valence-electron chi connectivity index (χ2n) is 4.12. The molecule has 16 heavy (non-hydrogen) atoms. The van der Waals surface area contributed by atoms with Crippen LogP contribution in [0.3, 0.4) is 0 Å². The van der Waals surface area contributed by atoms with Crippen molar-refractivity contribution >= 4 is 37.7 Å². The van der Waals surface area contributed by atoms with Crippen molar-refractivity contribution in [1.29, 1.82) is 0 Å². The van der Waals surface area contributed by atoms with Crippen LogP contribution >= 0.6 is 31.9 Å². The van der Waals surface area contributed by atoms with Crippen LogP contribution in [0.4, 0.5) is 5.82 Å². The minimum atomic E-state index is 0.822. The van der Waals surface area contributed by atoms with Gasteiger partial charge in [-0.3, -0.25) is 0 Å². The van der Waals surface area contributed by atoms with Gasteiger partial charge >= 0.3 is 0 Å². The fourth-order valence-corrected chi connectivity index (χ4v) is 2.72. The van der Waals surface area contributed by atoms with Gasteiger partial charge in [-0.2, -0.15) is 0 Å². The number of nitrogens with one attached hydrogen (secondary N) is 1. The molecule has 3 nitrogen and oxygen atoms in total. The maximum Gasteiger partial charge on any atom is 0.140 e. The van der Waals surface area contributed by atoms with Crippen molar-refractivity contribution in [2.24, 2.45) is 0 Å². The molecule has 2 rings (SSSR count). The highest BCUT2D eigenvalue weighted by Crippen LogP contribution is 2.25. The fraction of sp³-hybridized carbons (Fsp3) is 0.545. The minimum Gasteiger partial charge on any atom is -0.368 e. The molecule has 1 saturated carbocycles. The number of anilines is 1. The smallest absolute Gasteiger partial charge is 0.140 e. The molecule has 1 aromatic heterocycles. The van der Waals surface area contributed by atoms with E-state index in [4.69, 9.17) is 0 Å². The lowest BCUT2D eigenvalue weighted by Gasteiger charge is -2.16. The Balaban J connectivity index is 1.80. The molecule has 0 unspecified atom stereocenters. The first-order chi connectivity index (χ1) is 7.66. The third-order valence-corrected chi connectivity index (χ3v) is 3.77. The maximum atomic E-state index is 4.31. The van der Waals surface area contributed by atoms with E-state index in [9.17, 15) is 0 Å². The lowest BCUT2D eigenvalue weighted by atomic mass is 10.4. The summed E-state index contributed by atoms with van der Waals surface area (Å²) in [6.45, 7) is 2.00. The van der Waals surface area contributed by atoms with E-state index in [2.05, 4.69) is 54.1 Å². The summed E-state index contributed by atoms with van der Waals surface area (Å²) >= 11 is 6.87. The third kappa shape index (κ3) is 3.43. The fourth-order valence-electron chi connectivity index (χ4n) is 1.59. The Kier molecular flexibility index (Phi) is 4.21. The predicted octanol–water partition coefficient (Wildman–Crippen LogP) is 3.11. The molecule has 0 atom stereocenters. The molecule has 1 aliphatic carbocycles. The summed E-state index contributed by atoms with van der Waals surface area (Å²) in [6.07, 6.45) is 4.52. The van der Waals surface area contributed by atoms with Gasteiger partial charge in [0.2, 0.25) is 0 Å². The molecule has 88 valence electrons. The van der Waals surface area contributed by atoms with Crippen molar-refractivity contribution in [2.45, 2.75) is 18.9 Å². The molecule has 5 heteroatoms. The molecule has 1 heterocycles. The van der Waals surface area contributed by atoms with Crippen LogP contribution in [0.15, 0.2) is 21.2 Å². The molecule has 0 aromatic carbocycles. The van der Waals surface area contributed by atoms with E-state index >= 15 is 0 Å². The maximum absolute atomic E-state index is 4.31. The normalized spacial score (nSPS) is 15.5. The summed E-state index contributed by atoms with van der Waals surface area (Å²) < 4.78 is 1.98. The van der Waals surface area contributed by atoms with Gasteiger partial charge in [0.25, 0.3) is 0 Å². The molecule has 0 amide bonds. The first-order valence-corrected chi connectivity index (χ1v) is 7.00. The molecule has 0 spiro atoms. The number of likely N-dealkylation sites (N-methyl/N-ethyl adjacent to an activating group) is 1. The zero-order chi connectivity index (χ0) is 11.5. The standard InChI is InChI=1S/C11H15Br2N3/c1-16(9-2-3-9)5-4-14-11-10(13)6-8(12)7-15-11/h6-7,9H,2-5H2,1H3,(H,14,15). The van der Waals surface area contributed by atoms with Gasteiger partial charge in [0.1, 0.15) is 5.82 Å². The summed E-state index contributed by atoms with van der Waals surface area (Å²) in [5.41, 5.74) is 0. The largest absolute Gasteiger partial charge is 0.368 e. The van der Waals surface area contributed by atoms with Gasteiger partial charge in [-0.25, -0.2) is 4.98 Å². The Bertz CT molecular complexity index is 366. The number of halogens is 2. The number of nitrogens with zero attached hydrogens (tertiary/aromatic N) is 2. The summed E-state index contributed by atoms with van der Waals surface area (Å²) in [7, 11) is 2.18. The summed E-state index contributed by atoms with van der Waals surface area (Å²) in [5.74, 6) is 0.910. The van der Waals surface area contributed by atoms with Gasteiger partial charge in [-0.05, 0) is 57.8 Å². The topological polar surface area (TPSA) is 28.2 Å². The second kappa shape index (κ2) is 5.47. The van der Waals surface area contributed by atoms with Crippen molar-refractivity contribution in [3.63, 3.8) is 0 Å². The highest BCUT2D eigenvalue weighted by atomic mass is 79.9. The molecule has 0 bridgehead atoms. The van der Waals surface area contributed by atoms with E-state index in [0.717, 1.165) is 33.9 Å². The Hall–Kier alpha value is -0.130. The van der Waals surface area contributed by atoms with Crippen LogP contribution in [-0.2, 0) is 0 Å². The zero-order valence-electron chi connectivity index (χ0n) is 9.21. The van der Waals surface area contributed by atoms with E-state index in [0.29, 0.717) is 0 Å². The van der Waals surface area contributed by atoms with Crippen LogP contribution in [-0.4, -0.2) is 36.1 Å². The molecule has 0 aliphatic heterocycles. The Labute approximate surface area is 113 Å². The van der Waals surface area contributed by atoms with Crippen molar-refractivity contribution in [3.05, 3.63) is 21.2 Å². The van der Waals surface area contributed by atoms with Crippen molar-refractivity contribution in [1.82, 2.24) is 9.88 Å². The minimum absolute atomic E-state index is 0.822. The lowest BCUT2D eigenvalue weighted by Crippen LogP contribution is -2.27. The average Bonchev–Trinajstić information content (AvgIpc) is 3.04. The van der Waals surface area contributed by atoms with Gasteiger partial charge in [0.05, 0.1) is 4.47 Å². The number of aromatic nitrogens is 1. The first-order valence-electron chi connectivity index (χ1n) is 5.42. The molecule has 1 aliphatic rings. The summed E-state index contributed by atoms with van der Waals surface area (Å²) in [4.78, 5) is 6.71. The molecular weight excluding hydrogens is 334 g/mol. The molecule has 1 aromatic rings. The second-order valence-corrected chi connectivity index (χ2v) is 5.89. The number of rotatable bonds is 5. The van der Waals surface area contributed by atoms with E-state index < -0.39 is 0 Å². The van der Waals surface area contributed by atoms with Crippen molar-refractivity contribution < 1.29 is 0 Å². The Morgan fingerprint density at radius 3 is 2.88 bits per heavy atom. The van der Waals surface area contributed by atoms with Gasteiger partial charge in [-0.1, -0.05) is 0 Å². The Morgan fingerprint density at radius 1 is 1.50 bits per heavy atom. The summed E-state index contributed by atoms with van der Waals surface area (Å²) in [5, 5.41) is 3.33. The summed E-state index contributed by atoms with van der Waals surface area (Å²) in [6, 6.07) is 2.82. The van der Waals surface area contributed by atoms with Crippen LogP contribution in [0, 0.1) is 0 Å². The molecule has 1 fully saturated rings. The van der Waals surface area contributed by atoms with E-state index in [1.807, 2.05) is 6.07 Å². The van der Waals surface area contributed by atoms with Crippen LogP contribution in [0.1, 0.15) is 12.8 Å². The third-order valence-electron chi connectivity index (χ3n) is 2.73. The van der Waals surface area contributed by atoms with Crippen LogP contribution < -0.4 is 5.32 Å². The van der Waals surface area contributed by atoms with E-state index in [1.54, 1.807) is 6.20 Å². The van der Waals surface area contributed by atoms with Crippen molar-refractivity contribution in [3.8, 4) is 0 Å². The van der Waals surface area contributed by atoms with Gasteiger partial charge < -0.3 is 10.2 Å². The monoisotopic (exact) mass is 347 g/mol. The number of hydrogen-bond acceptors (Lipinski definition) is 3. The molecule has 0 saturated heterocycles. The molecule has 0 radical (unpaired) electrons. The molecule has 1 N–H and O–H groups in total. The van der Waals surface area contributed by atoms with Crippen LogP contribution in [0.2, 0.25) is 0 Å². The predicted molar refractivity (Wildman–Crippen MR) is 73.8 cm³/mol. The molecular formula is C11H15Br2N3. The van der Waals surface area contributed by atoms with Gasteiger partial charge in [0, 0.05) is 29.8 Å². The van der Waals surface area contributed by atoms with E-state index in [-0.39, 0.29) is 0 Å². The van der Waals surface area contributed by atoms with Gasteiger partial charge in [0.15, 0.2) is 0 Å². The van der Waals surface area contributed by atoms with E-state index in [1.165, 1.54) is 12.8 Å². The Morgan fingerprint density at radius 2 is 2.25 bits per heavy atom.